The van der Waals surface area contributed by atoms with Gasteiger partial charge in [0.2, 0.25) is 0 Å². The first-order chi connectivity index (χ1) is 12.3. The lowest BCUT2D eigenvalue weighted by Crippen LogP contribution is -2.52. The molecule has 0 unspecified atom stereocenters. The normalized spacial score (nSPS) is 24.5. The van der Waals surface area contributed by atoms with E-state index in [1.807, 2.05) is 18.3 Å². The van der Waals surface area contributed by atoms with Gasteiger partial charge in [0.1, 0.15) is 5.76 Å². The molecule has 0 spiro atoms. The van der Waals surface area contributed by atoms with Gasteiger partial charge in [0.15, 0.2) is 5.76 Å². The number of piperidine rings is 1. The fourth-order valence-corrected chi connectivity index (χ4v) is 3.67. The van der Waals surface area contributed by atoms with E-state index < -0.39 is 0 Å². The summed E-state index contributed by atoms with van der Waals surface area (Å²) in [4.78, 5) is 15.0. The molecule has 2 aliphatic heterocycles. The van der Waals surface area contributed by atoms with Crippen molar-refractivity contribution in [2.45, 2.75) is 37.9 Å². The highest BCUT2D eigenvalue weighted by atomic mass is 16.5. The summed E-state index contributed by atoms with van der Waals surface area (Å²) in [6.07, 6.45) is 7.34. The Morgan fingerprint density at radius 3 is 2.92 bits per heavy atom. The Hall–Kier alpha value is -2.12. The quantitative estimate of drug-likeness (QED) is 0.890. The van der Waals surface area contributed by atoms with E-state index in [0.29, 0.717) is 31.3 Å². The molecule has 25 heavy (non-hydrogen) atoms. The number of furan rings is 1. The van der Waals surface area contributed by atoms with E-state index in [-0.39, 0.29) is 18.0 Å². The second-order valence-corrected chi connectivity index (χ2v) is 6.75. The molecule has 7 heteroatoms. The van der Waals surface area contributed by atoms with Gasteiger partial charge in [-0.25, -0.2) is 0 Å². The van der Waals surface area contributed by atoms with Crippen LogP contribution in [0.4, 0.5) is 0 Å². The number of hydrogen-bond donors (Lipinski definition) is 1. The maximum Gasteiger partial charge on any atom is 0.287 e. The Bertz CT molecular complexity index is 691. The highest BCUT2D eigenvalue weighted by molar-refractivity contribution is 5.91. The van der Waals surface area contributed by atoms with Crippen LogP contribution in [0.25, 0.3) is 0 Å². The Morgan fingerprint density at radius 1 is 1.24 bits per heavy atom. The van der Waals surface area contributed by atoms with Gasteiger partial charge in [0.25, 0.3) is 5.91 Å². The Balaban J connectivity index is 1.37. The summed E-state index contributed by atoms with van der Waals surface area (Å²) in [5.41, 5.74) is 0. The summed E-state index contributed by atoms with van der Waals surface area (Å²) in [5, 5.41) is 7.24. The van der Waals surface area contributed by atoms with E-state index in [2.05, 4.69) is 15.3 Å². The van der Waals surface area contributed by atoms with Gasteiger partial charge in [0.05, 0.1) is 31.8 Å². The summed E-state index contributed by atoms with van der Waals surface area (Å²) >= 11 is 0. The topological polar surface area (TPSA) is 72.5 Å². The number of nitrogens with zero attached hydrogens (tertiary/aromatic N) is 3. The van der Waals surface area contributed by atoms with Gasteiger partial charge in [0, 0.05) is 12.4 Å². The molecule has 0 bridgehead atoms. The highest BCUT2D eigenvalue weighted by Crippen LogP contribution is 2.19. The molecule has 0 aromatic carbocycles. The Morgan fingerprint density at radius 2 is 2.12 bits per heavy atom. The third kappa shape index (κ3) is 3.77. The average molecular weight is 344 g/mol. The minimum Gasteiger partial charge on any atom is -0.454 e. The van der Waals surface area contributed by atoms with Crippen LogP contribution >= 0.6 is 0 Å². The highest BCUT2D eigenvalue weighted by Gasteiger charge is 2.35. The Labute approximate surface area is 146 Å². The van der Waals surface area contributed by atoms with Gasteiger partial charge in [-0.15, -0.1) is 0 Å². The summed E-state index contributed by atoms with van der Waals surface area (Å²) in [6, 6.07) is 5.69. The predicted octanol–water partition coefficient (Wildman–Crippen LogP) is 1.51. The van der Waals surface area contributed by atoms with Crippen molar-refractivity contribution in [3.05, 3.63) is 42.1 Å². The Kier molecular flexibility index (Phi) is 4.85. The maximum absolute atomic E-state index is 12.5. The second kappa shape index (κ2) is 7.41. The van der Waals surface area contributed by atoms with Crippen molar-refractivity contribution in [3.63, 3.8) is 0 Å². The van der Waals surface area contributed by atoms with E-state index in [1.54, 1.807) is 16.9 Å². The summed E-state index contributed by atoms with van der Waals surface area (Å²) in [6.45, 7) is 3.95. The number of likely N-dealkylation sites (tertiary alicyclic amines) is 1. The number of ether oxygens (including phenoxy) is 1. The van der Waals surface area contributed by atoms with E-state index in [1.165, 1.54) is 19.3 Å². The minimum absolute atomic E-state index is 0.0188. The standard InChI is InChI=1S/C18H24N4O3/c23-18(17-6-5-14(25-17)11-22-10-4-7-19-22)20-15-12-24-13-16(15)21-8-2-1-3-9-21/h4-7,10,15-16H,1-3,8-9,11-13H2,(H,20,23)/t15-,16-/m0/s1. The fraction of sp³-hybridized carbons (Fsp3) is 0.556. The first-order valence-corrected chi connectivity index (χ1v) is 8.98. The van der Waals surface area contributed by atoms with E-state index in [0.717, 1.165) is 13.1 Å². The van der Waals surface area contributed by atoms with Crippen LogP contribution in [0.2, 0.25) is 0 Å². The van der Waals surface area contributed by atoms with Crippen LogP contribution in [0.3, 0.4) is 0 Å². The van der Waals surface area contributed by atoms with Gasteiger partial charge in [-0.3, -0.25) is 14.4 Å². The van der Waals surface area contributed by atoms with Crippen LogP contribution in [0.5, 0.6) is 0 Å². The maximum atomic E-state index is 12.5. The van der Waals surface area contributed by atoms with Crippen LogP contribution in [-0.4, -0.2) is 59.0 Å². The molecule has 2 saturated heterocycles. The molecular weight excluding hydrogens is 320 g/mol. The first-order valence-electron chi connectivity index (χ1n) is 8.98. The summed E-state index contributed by atoms with van der Waals surface area (Å²) < 4.78 is 13.1. The number of carbonyl (C=O) groups excluding carboxylic acids is 1. The molecule has 2 aliphatic rings. The van der Waals surface area contributed by atoms with Crippen LogP contribution in [-0.2, 0) is 11.3 Å². The van der Waals surface area contributed by atoms with Crippen LogP contribution < -0.4 is 5.32 Å². The third-order valence-electron chi connectivity index (χ3n) is 4.99. The van der Waals surface area contributed by atoms with Gasteiger partial charge in [-0.05, 0) is 44.1 Å². The third-order valence-corrected chi connectivity index (χ3v) is 4.99. The van der Waals surface area contributed by atoms with Crippen LogP contribution in [0, 0.1) is 0 Å². The van der Waals surface area contributed by atoms with Crippen molar-refractivity contribution in [2.24, 2.45) is 0 Å². The molecule has 0 radical (unpaired) electrons. The summed E-state index contributed by atoms with van der Waals surface area (Å²) in [7, 11) is 0. The number of hydrogen-bond acceptors (Lipinski definition) is 5. The number of carbonyl (C=O) groups is 1. The van der Waals surface area contributed by atoms with Crippen molar-refractivity contribution < 1.29 is 13.9 Å². The number of rotatable bonds is 5. The van der Waals surface area contributed by atoms with Crippen molar-refractivity contribution in [3.8, 4) is 0 Å². The smallest absolute Gasteiger partial charge is 0.287 e. The van der Waals surface area contributed by atoms with E-state index >= 15 is 0 Å². The molecule has 4 heterocycles. The lowest BCUT2D eigenvalue weighted by atomic mass is 10.0. The lowest BCUT2D eigenvalue weighted by Gasteiger charge is -2.34. The average Bonchev–Trinajstić information content (AvgIpc) is 3.38. The van der Waals surface area contributed by atoms with Gasteiger partial charge < -0.3 is 14.5 Å². The first kappa shape index (κ1) is 16.4. The minimum atomic E-state index is -0.177. The molecule has 4 rings (SSSR count). The monoisotopic (exact) mass is 344 g/mol. The molecule has 134 valence electrons. The van der Waals surface area contributed by atoms with Gasteiger partial charge >= 0.3 is 0 Å². The molecular formula is C18H24N4O3. The summed E-state index contributed by atoms with van der Waals surface area (Å²) in [5.74, 6) is 0.875. The molecule has 2 fully saturated rings. The van der Waals surface area contributed by atoms with Crippen LogP contribution in [0.1, 0.15) is 35.6 Å². The SMILES string of the molecule is O=C(N[C@H]1COC[C@@H]1N1CCCCC1)c1ccc(Cn2cccn2)o1. The molecule has 1 amide bonds. The van der Waals surface area contributed by atoms with Crippen molar-refractivity contribution >= 4 is 5.91 Å². The zero-order chi connectivity index (χ0) is 17.1. The molecule has 7 nitrogen and oxygen atoms in total. The van der Waals surface area contributed by atoms with Crippen molar-refractivity contribution in [1.82, 2.24) is 20.0 Å². The zero-order valence-electron chi connectivity index (χ0n) is 14.3. The molecule has 2 aromatic rings. The van der Waals surface area contributed by atoms with Crippen molar-refractivity contribution in [2.75, 3.05) is 26.3 Å². The van der Waals surface area contributed by atoms with E-state index in [9.17, 15) is 4.79 Å². The van der Waals surface area contributed by atoms with Crippen LogP contribution in [0.15, 0.2) is 35.0 Å². The fourth-order valence-electron chi connectivity index (χ4n) is 3.67. The van der Waals surface area contributed by atoms with E-state index in [4.69, 9.17) is 9.15 Å². The zero-order valence-corrected chi connectivity index (χ0v) is 14.3. The lowest BCUT2D eigenvalue weighted by molar-refractivity contribution is 0.0870. The molecule has 0 aliphatic carbocycles. The second-order valence-electron chi connectivity index (χ2n) is 6.75. The van der Waals surface area contributed by atoms with Crippen molar-refractivity contribution in [1.29, 1.82) is 0 Å². The molecule has 0 saturated carbocycles. The predicted molar refractivity (Wildman–Crippen MR) is 91.3 cm³/mol. The molecule has 1 N–H and O–H groups in total. The number of amides is 1. The molecule has 2 aromatic heterocycles. The number of aromatic nitrogens is 2. The van der Waals surface area contributed by atoms with Gasteiger partial charge in [-0.1, -0.05) is 6.42 Å². The van der Waals surface area contributed by atoms with Gasteiger partial charge in [-0.2, -0.15) is 5.10 Å². The largest absolute Gasteiger partial charge is 0.454 e. The molecule has 2 atom stereocenters. The number of nitrogens with one attached hydrogen (secondary N) is 1.